The molecule has 47 heavy (non-hydrogen) atoms. The third-order valence-corrected chi connectivity index (χ3v) is 8.50. The fourth-order valence-corrected chi connectivity index (χ4v) is 5.96. The van der Waals surface area contributed by atoms with Crippen LogP contribution < -0.4 is 5.32 Å². The smallest absolute Gasteiger partial charge is 0.228 e. The van der Waals surface area contributed by atoms with Gasteiger partial charge in [0.05, 0.1) is 46.5 Å². The summed E-state index contributed by atoms with van der Waals surface area (Å²) >= 11 is 0. The van der Waals surface area contributed by atoms with Crippen LogP contribution in [0.15, 0.2) is 91.4 Å². The molecule has 3 N–H and O–H groups in total. The number of aromatic nitrogens is 7. The number of halogens is 1. The Balaban J connectivity index is 1.20. The highest BCUT2D eigenvalue weighted by Gasteiger charge is 2.18. The maximum atomic E-state index is 14.6. The van der Waals surface area contributed by atoms with Crippen LogP contribution in [0.1, 0.15) is 11.1 Å². The number of anilines is 1. The average molecular weight is 647 g/mol. The summed E-state index contributed by atoms with van der Waals surface area (Å²) in [5, 5.41) is 10.4. The Kier molecular flexibility index (Phi) is 7.74. The van der Waals surface area contributed by atoms with E-state index >= 15 is 0 Å². The quantitative estimate of drug-likeness (QED) is 0.185. The average Bonchev–Trinajstić information content (AvgIpc) is 3.68. The Morgan fingerprint density at radius 2 is 1.70 bits per heavy atom. The summed E-state index contributed by atoms with van der Waals surface area (Å²) in [6.45, 7) is 0. The van der Waals surface area contributed by atoms with E-state index in [2.05, 4.69) is 30.5 Å². The summed E-state index contributed by atoms with van der Waals surface area (Å²) in [6, 6.07) is 21.2. The lowest BCUT2D eigenvalue weighted by atomic mass is 10.0. The molecule has 7 rings (SSSR count). The first-order valence-electron chi connectivity index (χ1n) is 14.7. The Morgan fingerprint density at radius 3 is 2.53 bits per heavy atom. The Labute approximate surface area is 268 Å². The number of imidazole rings is 1. The molecule has 0 saturated carbocycles. The molecule has 0 unspecified atom stereocenters. The number of pyridine rings is 3. The second-order valence-electron chi connectivity index (χ2n) is 11.2. The SMILES string of the molecule is CS(=O)(=O)CCc1cc(F)cc(-c2nccc3[nH]c(-c4n[nH]c5ccc(-c6cncc(NC(=O)Cc7ccccc7)c6)nc45)nc23)c1. The highest BCUT2D eigenvalue weighted by molar-refractivity contribution is 7.90. The number of carbonyl (C=O) groups is 1. The van der Waals surface area contributed by atoms with Gasteiger partial charge in [0.25, 0.3) is 0 Å². The number of aryl methyl sites for hydroxylation is 1. The Hall–Kier alpha value is -5.82. The minimum atomic E-state index is -3.22. The van der Waals surface area contributed by atoms with Gasteiger partial charge >= 0.3 is 0 Å². The van der Waals surface area contributed by atoms with Crippen molar-refractivity contribution in [3.63, 3.8) is 0 Å². The van der Waals surface area contributed by atoms with Crippen molar-refractivity contribution in [1.29, 1.82) is 0 Å². The zero-order chi connectivity index (χ0) is 32.5. The van der Waals surface area contributed by atoms with Crippen LogP contribution in [0.2, 0.25) is 0 Å². The molecular formula is C34H27FN8O3S. The van der Waals surface area contributed by atoms with Gasteiger partial charge in [0.15, 0.2) is 11.5 Å². The largest absolute Gasteiger partial charge is 0.336 e. The normalized spacial score (nSPS) is 11.7. The van der Waals surface area contributed by atoms with Crippen molar-refractivity contribution >= 4 is 43.5 Å². The summed E-state index contributed by atoms with van der Waals surface area (Å²) in [5.41, 5.74) is 7.11. The van der Waals surface area contributed by atoms with Crippen molar-refractivity contribution in [2.24, 2.45) is 0 Å². The molecule has 11 nitrogen and oxygen atoms in total. The number of nitrogens with one attached hydrogen (secondary N) is 3. The maximum absolute atomic E-state index is 14.6. The fraction of sp³-hybridized carbons (Fsp3) is 0.118. The number of sulfone groups is 1. The van der Waals surface area contributed by atoms with Crippen LogP contribution in [0.5, 0.6) is 0 Å². The topological polar surface area (TPSA) is 159 Å². The van der Waals surface area contributed by atoms with E-state index in [9.17, 15) is 17.6 Å². The van der Waals surface area contributed by atoms with E-state index in [-0.39, 0.29) is 24.5 Å². The number of benzene rings is 2. The predicted octanol–water partition coefficient (Wildman–Crippen LogP) is 5.53. The molecule has 5 heterocycles. The van der Waals surface area contributed by atoms with Crippen molar-refractivity contribution in [1.82, 2.24) is 35.1 Å². The molecule has 0 radical (unpaired) electrons. The molecule has 0 bridgehead atoms. The van der Waals surface area contributed by atoms with Crippen LogP contribution in [0, 0.1) is 5.82 Å². The van der Waals surface area contributed by atoms with Crippen molar-refractivity contribution in [3.05, 3.63) is 108 Å². The van der Waals surface area contributed by atoms with Gasteiger partial charge in [-0.25, -0.2) is 22.8 Å². The molecule has 5 aromatic heterocycles. The van der Waals surface area contributed by atoms with Gasteiger partial charge in [0.1, 0.15) is 26.7 Å². The molecule has 7 aromatic rings. The second kappa shape index (κ2) is 12.2. The number of nitrogens with zero attached hydrogens (tertiary/aromatic N) is 5. The molecule has 0 fully saturated rings. The number of rotatable bonds is 9. The van der Waals surface area contributed by atoms with Gasteiger partial charge in [0.2, 0.25) is 5.91 Å². The van der Waals surface area contributed by atoms with E-state index in [4.69, 9.17) is 9.97 Å². The Morgan fingerprint density at radius 1 is 0.872 bits per heavy atom. The lowest BCUT2D eigenvalue weighted by molar-refractivity contribution is -0.115. The summed E-state index contributed by atoms with van der Waals surface area (Å²) < 4.78 is 38.0. The van der Waals surface area contributed by atoms with E-state index in [0.717, 1.165) is 11.8 Å². The third kappa shape index (κ3) is 6.60. The molecule has 0 aliphatic rings. The van der Waals surface area contributed by atoms with E-state index in [1.807, 2.05) is 48.5 Å². The van der Waals surface area contributed by atoms with E-state index in [1.54, 1.807) is 30.7 Å². The fourth-order valence-electron chi connectivity index (χ4n) is 5.35. The maximum Gasteiger partial charge on any atom is 0.228 e. The molecule has 0 saturated heterocycles. The molecule has 1 amide bonds. The van der Waals surface area contributed by atoms with Gasteiger partial charge in [-0.3, -0.25) is 19.9 Å². The van der Waals surface area contributed by atoms with Crippen molar-refractivity contribution < 1.29 is 17.6 Å². The van der Waals surface area contributed by atoms with E-state index in [0.29, 0.717) is 67.4 Å². The lowest BCUT2D eigenvalue weighted by Crippen LogP contribution is -2.14. The molecule has 0 aliphatic carbocycles. The molecule has 13 heteroatoms. The van der Waals surface area contributed by atoms with E-state index < -0.39 is 15.7 Å². The number of H-pyrrole nitrogens is 2. The zero-order valence-corrected chi connectivity index (χ0v) is 25.8. The summed E-state index contributed by atoms with van der Waals surface area (Å²) in [7, 11) is -3.22. The summed E-state index contributed by atoms with van der Waals surface area (Å²) in [6.07, 6.45) is 6.42. The summed E-state index contributed by atoms with van der Waals surface area (Å²) in [5.74, 6) is -0.313. The molecule has 234 valence electrons. The molecular weight excluding hydrogens is 619 g/mol. The van der Waals surface area contributed by atoms with Crippen LogP contribution >= 0.6 is 0 Å². The van der Waals surface area contributed by atoms with Gasteiger partial charge in [-0.15, -0.1) is 0 Å². The number of aromatic amines is 2. The standard InChI is InChI=1S/C34H27FN8O3S/c1-47(45,46)12-10-21-13-22(16-24(35)14-21)30-31-27(9-11-37-30)40-34(41-31)33-32-28(42-43-33)8-7-26(39-32)23-17-25(19-36-18-23)38-29(44)15-20-5-3-2-4-6-20/h2-9,11,13-14,16-19H,10,12,15H2,1H3,(H,38,44)(H,40,41)(H,42,43). The van der Waals surface area contributed by atoms with Gasteiger partial charge in [-0.05, 0) is 60.0 Å². The number of hydrogen-bond acceptors (Lipinski definition) is 8. The van der Waals surface area contributed by atoms with Crippen LogP contribution in [0.25, 0.3) is 56.1 Å². The number of fused-ring (bicyclic) bond motifs is 2. The predicted molar refractivity (Wildman–Crippen MR) is 178 cm³/mol. The van der Waals surface area contributed by atoms with Gasteiger partial charge < -0.3 is 10.3 Å². The van der Waals surface area contributed by atoms with Crippen molar-refractivity contribution in [2.45, 2.75) is 12.8 Å². The first-order valence-corrected chi connectivity index (χ1v) is 16.7. The molecule has 0 aliphatic heterocycles. The zero-order valence-electron chi connectivity index (χ0n) is 25.0. The first-order chi connectivity index (χ1) is 22.7. The molecule has 0 spiro atoms. The molecule has 0 atom stereocenters. The highest BCUT2D eigenvalue weighted by atomic mass is 32.2. The van der Waals surface area contributed by atoms with E-state index in [1.165, 1.54) is 12.1 Å². The third-order valence-electron chi connectivity index (χ3n) is 7.55. The van der Waals surface area contributed by atoms with Crippen LogP contribution in [-0.4, -0.2) is 61.5 Å². The Bertz CT molecular complexity index is 2390. The van der Waals surface area contributed by atoms with Crippen LogP contribution in [-0.2, 0) is 27.5 Å². The second-order valence-corrected chi connectivity index (χ2v) is 13.5. The van der Waals surface area contributed by atoms with Crippen LogP contribution in [0.4, 0.5) is 10.1 Å². The highest BCUT2D eigenvalue weighted by Crippen LogP contribution is 2.32. The molecule has 2 aromatic carbocycles. The number of amides is 1. The summed E-state index contributed by atoms with van der Waals surface area (Å²) in [4.78, 5) is 34.4. The monoisotopic (exact) mass is 646 g/mol. The lowest BCUT2D eigenvalue weighted by Gasteiger charge is -2.07. The van der Waals surface area contributed by atoms with Crippen LogP contribution in [0.3, 0.4) is 0 Å². The number of hydrogen-bond donors (Lipinski definition) is 3. The van der Waals surface area contributed by atoms with Gasteiger partial charge in [-0.1, -0.05) is 30.3 Å². The minimum Gasteiger partial charge on any atom is -0.336 e. The number of carbonyl (C=O) groups excluding carboxylic acids is 1. The minimum absolute atomic E-state index is 0.0927. The van der Waals surface area contributed by atoms with Crippen molar-refractivity contribution in [2.75, 3.05) is 17.3 Å². The van der Waals surface area contributed by atoms with Gasteiger partial charge in [0, 0.05) is 29.8 Å². The first kappa shape index (κ1) is 29.9. The van der Waals surface area contributed by atoms with Gasteiger partial charge in [-0.2, -0.15) is 5.10 Å². The van der Waals surface area contributed by atoms with Crippen molar-refractivity contribution in [3.8, 4) is 34.0 Å².